The normalized spacial score (nSPS) is 16.2. The molecular weight excluding hydrogens is 376 g/mol. The zero-order chi connectivity index (χ0) is 20.4. The topological polar surface area (TPSA) is 52.9 Å². The fraction of sp³-hybridized carbons (Fsp3) is 0.333. The smallest absolute Gasteiger partial charge is 0.317 e. The standard InChI is InChI=1S/C21H23F2N5O/c1-15(18-3-2-17(22)13-19(18)23)26-8-10-28(11-9-26)21(29)25-14-16-4-6-27-7-5-24-20(27)12-16/h2-7,12-13,15H,8-11,14H2,1H3,(H,25,29). The molecule has 3 aromatic rings. The van der Waals surface area contributed by atoms with Gasteiger partial charge in [0.15, 0.2) is 0 Å². The van der Waals surface area contributed by atoms with E-state index >= 15 is 0 Å². The van der Waals surface area contributed by atoms with E-state index in [0.29, 0.717) is 38.3 Å². The lowest BCUT2D eigenvalue weighted by atomic mass is 10.1. The summed E-state index contributed by atoms with van der Waals surface area (Å²) in [5, 5.41) is 2.95. The highest BCUT2D eigenvalue weighted by Crippen LogP contribution is 2.24. The number of piperazine rings is 1. The van der Waals surface area contributed by atoms with Crippen molar-refractivity contribution in [3.63, 3.8) is 0 Å². The van der Waals surface area contributed by atoms with E-state index in [1.54, 1.807) is 11.1 Å². The van der Waals surface area contributed by atoms with E-state index in [-0.39, 0.29) is 12.1 Å². The Labute approximate surface area is 167 Å². The van der Waals surface area contributed by atoms with Crippen LogP contribution >= 0.6 is 0 Å². The maximum Gasteiger partial charge on any atom is 0.317 e. The summed E-state index contributed by atoms with van der Waals surface area (Å²) in [6, 6.07) is 7.28. The van der Waals surface area contributed by atoms with Gasteiger partial charge in [-0.1, -0.05) is 6.07 Å². The van der Waals surface area contributed by atoms with Crippen molar-refractivity contribution in [3.05, 3.63) is 71.7 Å². The third kappa shape index (κ3) is 4.22. The third-order valence-electron chi connectivity index (χ3n) is 5.47. The van der Waals surface area contributed by atoms with Crippen LogP contribution in [-0.4, -0.2) is 51.4 Å². The van der Waals surface area contributed by atoms with Crippen LogP contribution in [0.4, 0.5) is 13.6 Å². The maximum absolute atomic E-state index is 14.1. The molecule has 2 aromatic heterocycles. The molecule has 1 unspecified atom stereocenters. The number of imidazole rings is 1. The van der Waals surface area contributed by atoms with E-state index in [2.05, 4.69) is 15.2 Å². The Morgan fingerprint density at radius 1 is 1.14 bits per heavy atom. The zero-order valence-electron chi connectivity index (χ0n) is 16.2. The molecule has 1 N–H and O–H groups in total. The van der Waals surface area contributed by atoms with Crippen molar-refractivity contribution in [1.82, 2.24) is 24.5 Å². The molecule has 8 heteroatoms. The number of fused-ring (bicyclic) bond motifs is 1. The summed E-state index contributed by atoms with van der Waals surface area (Å²) in [4.78, 5) is 20.6. The van der Waals surface area contributed by atoms with Crippen LogP contribution in [0.25, 0.3) is 5.65 Å². The Balaban J connectivity index is 1.29. The Bertz CT molecular complexity index is 1010. The molecule has 152 valence electrons. The highest BCUT2D eigenvalue weighted by molar-refractivity contribution is 5.74. The second-order valence-corrected chi connectivity index (χ2v) is 7.25. The number of pyridine rings is 1. The minimum Gasteiger partial charge on any atom is -0.334 e. The minimum absolute atomic E-state index is 0.117. The van der Waals surface area contributed by atoms with Crippen molar-refractivity contribution in [3.8, 4) is 0 Å². The van der Waals surface area contributed by atoms with Crippen LogP contribution in [0.2, 0.25) is 0 Å². The van der Waals surface area contributed by atoms with Gasteiger partial charge < -0.3 is 14.6 Å². The van der Waals surface area contributed by atoms with Gasteiger partial charge in [-0.2, -0.15) is 0 Å². The predicted molar refractivity (Wildman–Crippen MR) is 105 cm³/mol. The average molecular weight is 399 g/mol. The number of nitrogens with one attached hydrogen (secondary N) is 1. The number of amides is 2. The number of halogens is 2. The SMILES string of the molecule is CC(c1ccc(F)cc1F)N1CCN(C(=O)NCc2ccn3ccnc3c2)CC1. The van der Waals surface area contributed by atoms with Gasteiger partial charge in [-0.25, -0.2) is 18.6 Å². The van der Waals surface area contributed by atoms with Crippen LogP contribution < -0.4 is 5.32 Å². The van der Waals surface area contributed by atoms with Crippen molar-refractivity contribution < 1.29 is 13.6 Å². The molecule has 1 aliphatic rings. The summed E-state index contributed by atoms with van der Waals surface area (Å²) in [5.74, 6) is -1.11. The maximum atomic E-state index is 14.1. The molecule has 1 saturated heterocycles. The first kappa shape index (κ1) is 19.3. The number of carbonyl (C=O) groups is 1. The molecule has 2 amide bonds. The lowest BCUT2D eigenvalue weighted by molar-refractivity contribution is 0.112. The fourth-order valence-electron chi connectivity index (χ4n) is 3.70. The zero-order valence-corrected chi connectivity index (χ0v) is 16.2. The Kier molecular flexibility index (Phi) is 5.44. The van der Waals surface area contributed by atoms with Gasteiger partial charge in [-0.05, 0) is 30.7 Å². The Hall–Kier alpha value is -3.00. The number of rotatable bonds is 4. The van der Waals surface area contributed by atoms with Crippen molar-refractivity contribution in [2.45, 2.75) is 19.5 Å². The summed E-state index contributed by atoms with van der Waals surface area (Å²) < 4.78 is 29.1. The number of carbonyl (C=O) groups excluding carboxylic acids is 1. The number of benzene rings is 1. The second-order valence-electron chi connectivity index (χ2n) is 7.25. The van der Waals surface area contributed by atoms with Crippen LogP contribution in [0.15, 0.2) is 48.9 Å². The van der Waals surface area contributed by atoms with Crippen LogP contribution in [0.5, 0.6) is 0 Å². The average Bonchev–Trinajstić information content (AvgIpc) is 3.19. The van der Waals surface area contributed by atoms with E-state index in [9.17, 15) is 13.6 Å². The van der Waals surface area contributed by atoms with E-state index in [0.717, 1.165) is 17.3 Å². The van der Waals surface area contributed by atoms with E-state index in [4.69, 9.17) is 0 Å². The van der Waals surface area contributed by atoms with Crippen LogP contribution in [0.3, 0.4) is 0 Å². The lowest BCUT2D eigenvalue weighted by Crippen LogP contribution is -2.52. The number of nitrogens with zero attached hydrogens (tertiary/aromatic N) is 4. The second kappa shape index (κ2) is 8.16. The molecule has 1 fully saturated rings. The summed E-state index contributed by atoms with van der Waals surface area (Å²) in [7, 11) is 0. The first-order chi connectivity index (χ1) is 14.0. The molecule has 0 aliphatic carbocycles. The van der Waals surface area contributed by atoms with Crippen molar-refractivity contribution >= 4 is 11.7 Å². The minimum atomic E-state index is -0.577. The highest BCUT2D eigenvalue weighted by atomic mass is 19.1. The quantitative estimate of drug-likeness (QED) is 0.733. The number of hydrogen-bond donors (Lipinski definition) is 1. The number of urea groups is 1. The van der Waals surface area contributed by atoms with Gasteiger partial charge in [-0.15, -0.1) is 0 Å². The van der Waals surface area contributed by atoms with Crippen molar-refractivity contribution in [1.29, 1.82) is 0 Å². The third-order valence-corrected chi connectivity index (χ3v) is 5.47. The van der Waals surface area contributed by atoms with Gasteiger partial charge in [0.1, 0.15) is 17.3 Å². The summed E-state index contributed by atoms with van der Waals surface area (Å²) >= 11 is 0. The van der Waals surface area contributed by atoms with Crippen molar-refractivity contribution in [2.24, 2.45) is 0 Å². The first-order valence-electron chi connectivity index (χ1n) is 9.64. The summed E-state index contributed by atoms with van der Waals surface area (Å²) in [6.45, 7) is 4.70. The van der Waals surface area contributed by atoms with Crippen LogP contribution in [0.1, 0.15) is 24.1 Å². The van der Waals surface area contributed by atoms with Gasteiger partial charge in [0.05, 0.1) is 0 Å². The number of aromatic nitrogens is 2. The summed E-state index contributed by atoms with van der Waals surface area (Å²) in [6.07, 6.45) is 5.52. The highest BCUT2D eigenvalue weighted by Gasteiger charge is 2.26. The molecule has 0 bridgehead atoms. The van der Waals surface area contributed by atoms with Gasteiger partial charge in [0, 0.05) is 69.0 Å². The Morgan fingerprint density at radius 3 is 2.69 bits per heavy atom. The molecule has 0 radical (unpaired) electrons. The molecule has 1 aromatic carbocycles. The molecule has 4 rings (SSSR count). The van der Waals surface area contributed by atoms with E-state index in [1.807, 2.05) is 35.9 Å². The molecule has 6 nitrogen and oxygen atoms in total. The number of hydrogen-bond acceptors (Lipinski definition) is 3. The molecule has 0 spiro atoms. The van der Waals surface area contributed by atoms with Gasteiger partial charge in [-0.3, -0.25) is 4.90 Å². The first-order valence-corrected chi connectivity index (χ1v) is 9.64. The van der Waals surface area contributed by atoms with E-state index in [1.165, 1.54) is 12.1 Å². The predicted octanol–water partition coefficient (Wildman–Crippen LogP) is 3.20. The monoisotopic (exact) mass is 399 g/mol. The molecule has 3 heterocycles. The largest absolute Gasteiger partial charge is 0.334 e. The van der Waals surface area contributed by atoms with Gasteiger partial charge >= 0.3 is 6.03 Å². The molecule has 1 atom stereocenters. The molecule has 0 saturated carbocycles. The van der Waals surface area contributed by atoms with Crippen LogP contribution in [0, 0.1) is 11.6 Å². The van der Waals surface area contributed by atoms with E-state index < -0.39 is 11.6 Å². The van der Waals surface area contributed by atoms with Gasteiger partial charge in [0.2, 0.25) is 0 Å². The lowest BCUT2D eigenvalue weighted by Gasteiger charge is -2.38. The fourth-order valence-corrected chi connectivity index (χ4v) is 3.70. The van der Waals surface area contributed by atoms with Crippen molar-refractivity contribution in [2.75, 3.05) is 26.2 Å². The van der Waals surface area contributed by atoms with Gasteiger partial charge in [0.25, 0.3) is 0 Å². The summed E-state index contributed by atoms with van der Waals surface area (Å²) in [5.41, 5.74) is 2.29. The molecule has 29 heavy (non-hydrogen) atoms. The van der Waals surface area contributed by atoms with Crippen LogP contribution in [-0.2, 0) is 6.54 Å². The molecule has 1 aliphatic heterocycles. The Morgan fingerprint density at radius 2 is 1.93 bits per heavy atom. The molecular formula is C21H23F2N5O.